The summed E-state index contributed by atoms with van der Waals surface area (Å²) in [6.07, 6.45) is 7.72. The molecule has 0 radical (unpaired) electrons. The van der Waals surface area contributed by atoms with Gasteiger partial charge in [0.1, 0.15) is 0 Å². The van der Waals surface area contributed by atoms with E-state index in [1.54, 1.807) is 6.08 Å². The molecule has 0 bridgehead atoms. The lowest BCUT2D eigenvalue weighted by Crippen LogP contribution is -2.41. The average molecular weight is 467 g/mol. The second-order valence-corrected chi connectivity index (χ2v) is 7.58. The molecule has 3 rings (SSSR count). The fraction of sp³-hybridized carbons (Fsp3) is 0.357. The number of nitrogens with zero attached hydrogens (tertiary/aromatic N) is 2. The summed E-state index contributed by atoms with van der Waals surface area (Å²) in [7, 11) is 0. The number of morpholine rings is 1. The van der Waals surface area contributed by atoms with Crippen molar-refractivity contribution in [2.75, 3.05) is 32.1 Å². The second-order valence-electron chi connectivity index (χ2n) is 6.58. The zero-order valence-corrected chi connectivity index (χ0v) is 21.5. The Hall–Kier alpha value is -2.63. The van der Waals surface area contributed by atoms with Crippen LogP contribution in [0.15, 0.2) is 78.4 Å². The number of benzene rings is 1. The lowest BCUT2D eigenvalue weighted by molar-refractivity contribution is -0.132. The number of thioether (sulfide) groups is 1. The molecule has 1 aromatic heterocycles. The molecule has 0 saturated carbocycles. The van der Waals surface area contributed by atoms with E-state index < -0.39 is 0 Å². The standard InChI is InChI=1S/C24H26N2O2S.2C2H6/c1-3-8-20(9-4-2)22-16-21(19-10-6-5-7-11-19)17-23(25-22)29-18-24(27)26-12-14-28-15-13-26;2*1-2/h3-11,16-17H,1,12-15,18H2,2H3;2*1-2H3/b9-4-,20-8+;;. The molecule has 1 aliphatic rings. The van der Waals surface area contributed by atoms with Crippen LogP contribution in [-0.2, 0) is 9.53 Å². The number of aromatic nitrogens is 1. The number of carbonyl (C=O) groups excluding carboxylic acids is 1. The van der Waals surface area contributed by atoms with Crippen molar-refractivity contribution < 1.29 is 9.53 Å². The van der Waals surface area contributed by atoms with Gasteiger partial charge in [0.05, 0.1) is 29.7 Å². The molecule has 0 aliphatic carbocycles. The van der Waals surface area contributed by atoms with E-state index in [-0.39, 0.29) is 5.91 Å². The van der Waals surface area contributed by atoms with Crippen molar-refractivity contribution in [1.29, 1.82) is 0 Å². The molecular formula is C28H38N2O2S. The Bertz CT molecular complexity index is 901. The molecule has 4 nitrogen and oxygen atoms in total. The van der Waals surface area contributed by atoms with Crippen LogP contribution in [-0.4, -0.2) is 47.8 Å². The first kappa shape index (κ1) is 28.4. The van der Waals surface area contributed by atoms with E-state index in [1.807, 2.05) is 75.9 Å². The van der Waals surface area contributed by atoms with E-state index in [0.717, 1.165) is 27.4 Å². The fourth-order valence-corrected chi connectivity index (χ4v) is 3.92. The van der Waals surface area contributed by atoms with Gasteiger partial charge in [-0.3, -0.25) is 4.79 Å². The van der Waals surface area contributed by atoms with E-state index in [2.05, 4.69) is 30.8 Å². The Balaban J connectivity index is 0.00000129. The van der Waals surface area contributed by atoms with Crippen molar-refractivity contribution in [2.45, 2.75) is 39.6 Å². The van der Waals surface area contributed by atoms with Crippen LogP contribution in [0.25, 0.3) is 16.7 Å². The Morgan fingerprint density at radius 3 is 2.36 bits per heavy atom. The highest BCUT2D eigenvalue weighted by molar-refractivity contribution is 7.99. The summed E-state index contributed by atoms with van der Waals surface area (Å²) in [6, 6.07) is 14.4. The molecule has 1 aromatic carbocycles. The molecule has 0 N–H and O–H groups in total. The first-order chi connectivity index (χ1) is 16.2. The molecule has 33 heavy (non-hydrogen) atoms. The molecular weight excluding hydrogens is 428 g/mol. The molecule has 1 saturated heterocycles. The van der Waals surface area contributed by atoms with E-state index >= 15 is 0 Å². The third-order valence-electron chi connectivity index (χ3n) is 4.56. The molecule has 1 aliphatic heterocycles. The molecule has 1 amide bonds. The minimum atomic E-state index is 0.127. The summed E-state index contributed by atoms with van der Waals surface area (Å²) in [5.74, 6) is 0.497. The lowest BCUT2D eigenvalue weighted by atomic mass is 10.0. The van der Waals surface area contributed by atoms with Gasteiger partial charge in [0.25, 0.3) is 0 Å². The summed E-state index contributed by atoms with van der Waals surface area (Å²) in [5.41, 5.74) is 4.06. The second kappa shape index (κ2) is 16.9. The summed E-state index contributed by atoms with van der Waals surface area (Å²) >= 11 is 1.48. The number of carbonyl (C=O) groups is 1. The molecule has 2 heterocycles. The highest BCUT2D eigenvalue weighted by Gasteiger charge is 2.17. The van der Waals surface area contributed by atoms with Crippen molar-refractivity contribution in [3.8, 4) is 11.1 Å². The van der Waals surface area contributed by atoms with Crippen LogP contribution in [0.5, 0.6) is 0 Å². The summed E-state index contributed by atoms with van der Waals surface area (Å²) in [6.45, 7) is 16.3. The maximum absolute atomic E-state index is 12.5. The first-order valence-electron chi connectivity index (χ1n) is 11.7. The van der Waals surface area contributed by atoms with Gasteiger partial charge in [0.15, 0.2) is 0 Å². The first-order valence-corrected chi connectivity index (χ1v) is 12.7. The fourth-order valence-electron chi connectivity index (χ4n) is 3.10. The maximum Gasteiger partial charge on any atom is 0.233 e. The third-order valence-corrected chi connectivity index (χ3v) is 5.45. The summed E-state index contributed by atoms with van der Waals surface area (Å²) in [4.78, 5) is 19.2. The SMILES string of the molecule is C=C/C=C(\C=C/C)c1cc(-c2ccccc2)cc(SCC(=O)N2CCOCC2)n1.CC.CC. The number of amides is 1. The van der Waals surface area contributed by atoms with E-state index in [1.165, 1.54) is 11.8 Å². The minimum absolute atomic E-state index is 0.127. The number of ether oxygens (including phenoxy) is 1. The highest BCUT2D eigenvalue weighted by atomic mass is 32.2. The average Bonchev–Trinajstić information content (AvgIpc) is 2.90. The van der Waals surface area contributed by atoms with Crippen LogP contribution in [0.1, 0.15) is 40.3 Å². The van der Waals surface area contributed by atoms with Gasteiger partial charge >= 0.3 is 0 Å². The molecule has 2 aromatic rings. The van der Waals surface area contributed by atoms with Gasteiger partial charge in [0, 0.05) is 13.1 Å². The number of pyridine rings is 1. The lowest BCUT2D eigenvalue weighted by Gasteiger charge is -2.26. The van der Waals surface area contributed by atoms with Crippen molar-refractivity contribution in [3.63, 3.8) is 0 Å². The van der Waals surface area contributed by atoms with E-state index in [9.17, 15) is 4.79 Å². The van der Waals surface area contributed by atoms with Gasteiger partial charge in [-0.2, -0.15) is 0 Å². The quantitative estimate of drug-likeness (QED) is 0.329. The topological polar surface area (TPSA) is 42.4 Å². The monoisotopic (exact) mass is 466 g/mol. The van der Waals surface area contributed by atoms with Crippen LogP contribution in [0.2, 0.25) is 0 Å². The van der Waals surface area contributed by atoms with Gasteiger partial charge in [0.2, 0.25) is 5.91 Å². The number of hydrogen-bond donors (Lipinski definition) is 0. The Morgan fingerprint density at radius 1 is 1.09 bits per heavy atom. The molecule has 5 heteroatoms. The Morgan fingerprint density at radius 2 is 1.76 bits per heavy atom. The van der Waals surface area contributed by atoms with Gasteiger partial charge in [-0.15, -0.1) is 0 Å². The van der Waals surface area contributed by atoms with Crippen LogP contribution in [0.3, 0.4) is 0 Å². The highest BCUT2D eigenvalue weighted by Crippen LogP contribution is 2.28. The predicted octanol–water partition coefficient (Wildman–Crippen LogP) is 6.90. The Labute approximate surface area is 204 Å². The zero-order chi connectivity index (χ0) is 24.5. The van der Waals surface area contributed by atoms with E-state index in [4.69, 9.17) is 9.72 Å². The van der Waals surface area contributed by atoms with Gasteiger partial charge < -0.3 is 9.64 Å². The van der Waals surface area contributed by atoms with Crippen LogP contribution in [0, 0.1) is 0 Å². The molecule has 178 valence electrons. The molecule has 0 atom stereocenters. The van der Waals surface area contributed by atoms with Gasteiger partial charge in [-0.05, 0) is 35.8 Å². The van der Waals surface area contributed by atoms with Crippen LogP contribution < -0.4 is 0 Å². The van der Waals surface area contributed by atoms with Crippen molar-refractivity contribution in [2.24, 2.45) is 0 Å². The molecule has 1 fully saturated rings. The zero-order valence-electron chi connectivity index (χ0n) is 20.7. The largest absolute Gasteiger partial charge is 0.378 e. The van der Waals surface area contributed by atoms with Gasteiger partial charge in [-0.1, -0.05) is 101 Å². The van der Waals surface area contributed by atoms with Crippen LogP contribution >= 0.6 is 11.8 Å². The molecule has 0 spiro atoms. The summed E-state index contributed by atoms with van der Waals surface area (Å²) < 4.78 is 5.33. The normalized spacial score (nSPS) is 13.5. The van der Waals surface area contributed by atoms with E-state index in [0.29, 0.717) is 32.1 Å². The maximum atomic E-state index is 12.5. The van der Waals surface area contributed by atoms with Crippen molar-refractivity contribution >= 4 is 23.2 Å². The smallest absolute Gasteiger partial charge is 0.233 e. The Kier molecular flexibility index (Phi) is 14.6. The third kappa shape index (κ3) is 9.40. The number of allylic oxidation sites excluding steroid dienone is 5. The van der Waals surface area contributed by atoms with Crippen molar-refractivity contribution in [3.05, 3.63) is 79.0 Å². The van der Waals surface area contributed by atoms with Crippen molar-refractivity contribution in [1.82, 2.24) is 9.88 Å². The minimum Gasteiger partial charge on any atom is -0.378 e. The summed E-state index contributed by atoms with van der Waals surface area (Å²) in [5, 5.41) is 0.836. The number of hydrogen-bond acceptors (Lipinski definition) is 4. The predicted molar refractivity (Wildman–Crippen MR) is 143 cm³/mol. The van der Waals surface area contributed by atoms with Gasteiger partial charge in [-0.25, -0.2) is 4.98 Å². The number of rotatable bonds is 7. The molecule has 0 unspecified atom stereocenters. The van der Waals surface area contributed by atoms with Crippen LogP contribution in [0.4, 0.5) is 0 Å².